The van der Waals surface area contributed by atoms with Gasteiger partial charge in [-0.25, -0.2) is 14.1 Å². The van der Waals surface area contributed by atoms with Crippen molar-refractivity contribution in [2.45, 2.75) is 19.4 Å². The van der Waals surface area contributed by atoms with Crippen molar-refractivity contribution in [3.8, 4) is 11.5 Å². The minimum atomic E-state index is -0.369. The second-order valence-electron chi connectivity index (χ2n) is 6.75. The minimum Gasteiger partial charge on any atom is -0.463 e. The Kier molecular flexibility index (Phi) is 4.20. The highest BCUT2D eigenvalue weighted by Gasteiger charge is 2.23. The molecule has 0 saturated carbocycles. The van der Waals surface area contributed by atoms with E-state index in [2.05, 4.69) is 15.0 Å². The van der Waals surface area contributed by atoms with Crippen molar-refractivity contribution in [3.05, 3.63) is 64.4 Å². The summed E-state index contributed by atoms with van der Waals surface area (Å²) < 4.78 is 21.6. The first-order chi connectivity index (χ1) is 13.7. The lowest BCUT2D eigenvalue weighted by molar-refractivity contribution is 0.561. The van der Waals surface area contributed by atoms with Crippen LogP contribution in [0.25, 0.3) is 21.7 Å². The summed E-state index contributed by atoms with van der Waals surface area (Å²) in [5.74, 6) is 0.191. The van der Waals surface area contributed by atoms with Gasteiger partial charge < -0.3 is 9.32 Å². The lowest BCUT2D eigenvalue weighted by Crippen LogP contribution is -2.25. The molecular formula is C20H17FN4O2S. The third-order valence-corrected chi connectivity index (χ3v) is 6.02. The Morgan fingerprint density at radius 3 is 2.71 bits per heavy atom. The number of nitrogens with zero attached hydrogens (tertiary/aromatic N) is 4. The van der Waals surface area contributed by atoms with Crippen LogP contribution in [0.5, 0.6) is 0 Å². The van der Waals surface area contributed by atoms with Crippen LogP contribution in [-0.2, 0) is 6.54 Å². The van der Waals surface area contributed by atoms with E-state index < -0.39 is 0 Å². The number of halogens is 1. The third-order valence-electron chi connectivity index (χ3n) is 4.90. The zero-order valence-electron chi connectivity index (χ0n) is 15.0. The maximum Gasteiger partial charge on any atom is 0.294 e. The van der Waals surface area contributed by atoms with Crippen LogP contribution >= 0.6 is 11.3 Å². The zero-order chi connectivity index (χ0) is 19.1. The summed E-state index contributed by atoms with van der Waals surface area (Å²) in [6.45, 7) is 1.91. The molecule has 5 rings (SSSR count). The molecule has 4 aromatic rings. The summed E-state index contributed by atoms with van der Waals surface area (Å²) in [5.41, 5.74) is 0.982. The molecule has 0 spiro atoms. The molecule has 0 bridgehead atoms. The second kappa shape index (κ2) is 6.87. The van der Waals surface area contributed by atoms with Gasteiger partial charge in [-0.15, -0.1) is 0 Å². The van der Waals surface area contributed by atoms with Gasteiger partial charge >= 0.3 is 0 Å². The van der Waals surface area contributed by atoms with E-state index in [4.69, 9.17) is 4.42 Å². The lowest BCUT2D eigenvalue weighted by atomic mass is 10.2. The average Bonchev–Trinajstić information content (AvgIpc) is 3.47. The van der Waals surface area contributed by atoms with Crippen molar-refractivity contribution < 1.29 is 8.81 Å². The molecule has 0 radical (unpaired) electrons. The van der Waals surface area contributed by atoms with Crippen LogP contribution in [0.1, 0.15) is 18.4 Å². The topological polar surface area (TPSA) is 64.2 Å². The van der Waals surface area contributed by atoms with Crippen molar-refractivity contribution in [1.29, 1.82) is 0 Å². The summed E-state index contributed by atoms with van der Waals surface area (Å²) >= 11 is 1.46. The monoisotopic (exact) mass is 396 g/mol. The van der Waals surface area contributed by atoms with Gasteiger partial charge in [0.1, 0.15) is 11.5 Å². The smallest absolute Gasteiger partial charge is 0.294 e. The molecule has 0 aliphatic carbocycles. The van der Waals surface area contributed by atoms with Gasteiger partial charge in [0.05, 0.1) is 17.5 Å². The predicted molar refractivity (Wildman–Crippen MR) is 106 cm³/mol. The Morgan fingerprint density at radius 1 is 1.14 bits per heavy atom. The first kappa shape index (κ1) is 17.1. The SMILES string of the molecule is O=c1c2nc(N3CCCC3)sc2c(-c2ccco2)nn1Cc1ccccc1F. The Balaban J connectivity index is 1.69. The number of hydrogen-bond acceptors (Lipinski definition) is 6. The van der Waals surface area contributed by atoms with E-state index in [1.54, 1.807) is 36.6 Å². The molecule has 6 nitrogen and oxygen atoms in total. The van der Waals surface area contributed by atoms with Crippen molar-refractivity contribution >= 4 is 26.7 Å². The molecule has 1 aliphatic rings. The van der Waals surface area contributed by atoms with Crippen LogP contribution in [-0.4, -0.2) is 27.9 Å². The first-order valence-electron chi connectivity index (χ1n) is 9.14. The molecule has 142 valence electrons. The highest BCUT2D eigenvalue weighted by atomic mass is 32.1. The molecule has 1 saturated heterocycles. The van der Waals surface area contributed by atoms with Crippen LogP contribution < -0.4 is 10.5 Å². The second-order valence-corrected chi connectivity index (χ2v) is 7.73. The standard InChI is InChI=1S/C20H17FN4O2S/c21-14-7-2-1-6-13(14)12-25-19(26)17-18(16(23-25)15-8-5-11-27-15)28-20(22-17)24-9-3-4-10-24/h1-2,5-8,11H,3-4,9-10,12H2. The fourth-order valence-corrected chi connectivity index (χ4v) is 4.56. The zero-order valence-corrected chi connectivity index (χ0v) is 15.8. The molecule has 1 fully saturated rings. The number of furan rings is 1. The van der Waals surface area contributed by atoms with Crippen LogP contribution in [0.2, 0.25) is 0 Å². The Bertz CT molecular complexity index is 1190. The number of thiazole rings is 1. The fourth-order valence-electron chi connectivity index (χ4n) is 3.46. The number of rotatable bonds is 4. The van der Waals surface area contributed by atoms with Gasteiger partial charge in [-0.1, -0.05) is 29.5 Å². The van der Waals surface area contributed by atoms with Crippen LogP contribution in [0, 0.1) is 5.82 Å². The minimum absolute atomic E-state index is 0.0335. The first-order valence-corrected chi connectivity index (χ1v) is 9.96. The molecule has 4 heterocycles. The third kappa shape index (κ3) is 2.90. The van der Waals surface area contributed by atoms with E-state index in [9.17, 15) is 9.18 Å². The molecule has 1 aromatic carbocycles. The molecule has 0 unspecified atom stereocenters. The van der Waals surface area contributed by atoms with Gasteiger partial charge in [-0.3, -0.25) is 4.79 Å². The summed E-state index contributed by atoms with van der Waals surface area (Å²) in [5, 5.41) is 5.34. The molecule has 8 heteroatoms. The molecule has 1 aliphatic heterocycles. The number of hydrogen-bond donors (Lipinski definition) is 0. The van der Waals surface area contributed by atoms with Crippen LogP contribution in [0.3, 0.4) is 0 Å². The maximum absolute atomic E-state index is 14.1. The number of benzene rings is 1. The molecule has 3 aromatic heterocycles. The molecular weight excluding hydrogens is 379 g/mol. The molecule has 28 heavy (non-hydrogen) atoms. The van der Waals surface area contributed by atoms with E-state index in [1.807, 2.05) is 0 Å². The lowest BCUT2D eigenvalue weighted by Gasteiger charge is -2.11. The van der Waals surface area contributed by atoms with E-state index in [-0.39, 0.29) is 17.9 Å². The average molecular weight is 396 g/mol. The van der Waals surface area contributed by atoms with E-state index >= 15 is 0 Å². The van der Waals surface area contributed by atoms with Crippen molar-refractivity contribution in [2.24, 2.45) is 0 Å². The Hall–Kier alpha value is -3.00. The van der Waals surface area contributed by atoms with Gasteiger partial charge in [-0.2, -0.15) is 5.10 Å². The largest absolute Gasteiger partial charge is 0.463 e. The van der Waals surface area contributed by atoms with E-state index in [0.717, 1.165) is 31.1 Å². The summed E-state index contributed by atoms with van der Waals surface area (Å²) in [4.78, 5) is 19.9. The van der Waals surface area contributed by atoms with Crippen molar-refractivity contribution in [2.75, 3.05) is 18.0 Å². The fraction of sp³-hybridized carbons (Fsp3) is 0.250. The van der Waals surface area contributed by atoms with Gasteiger partial charge in [0.15, 0.2) is 16.4 Å². The van der Waals surface area contributed by atoms with E-state index in [0.29, 0.717) is 27.2 Å². The van der Waals surface area contributed by atoms with E-state index in [1.165, 1.54) is 22.1 Å². The highest BCUT2D eigenvalue weighted by molar-refractivity contribution is 7.22. The van der Waals surface area contributed by atoms with Crippen molar-refractivity contribution in [3.63, 3.8) is 0 Å². The summed E-state index contributed by atoms with van der Waals surface area (Å²) in [6, 6.07) is 9.96. The van der Waals surface area contributed by atoms with Crippen molar-refractivity contribution in [1.82, 2.24) is 14.8 Å². The number of aromatic nitrogens is 3. The maximum atomic E-state index is 14.1. The normalized spacial score (nSPS) is 14.2. The van der Waals surface area contributed by atoms with Gasteiger partial charge in [0.2, 0.25) is 0 Å². The Morgan fingerprint density at radius 2 is 1.96 bits per heavy atom. The van der Waals surface area contributed by atoms with Gasteiger partial charge in [0.25, 0.3) is 5.56 Å². The number of fused-ring (bicyclic) bond motifs is 1. The van der Waals surface area contributed by atoms with Gasteiger partial charge in [-0.05, 0) is 31.0 Å². The number of anilines is 1. The quantitative estimate of drug-likeness (QED) is 0.523. The molecule has 0 N–H and O–H groups in total. The van der Waals surface area contributed by atoms with Gasteiger partial charge in [0, 0.05) is 18.7 Å². The summed E-state index contributed by atoms with van der Waals surface area (Å²) in [7, 11) is 0. The van der Waals surface area contributed by atoms with Crippen LogP contribution in [0.4, 0.5) is 9.52 Å². The molecule has 0 amide bonds. The Labute approximate surface area is 163 Å². The predicted octanol–water partition coefficient (Wildman–Crippen LogP) is 3.90. The highest BCUT2D eigenvalue weighted by Crippen LogP contribution is 2.35. The van der Waals surface area contributed by atoms with Crippen LogP contribution in [0.15, 0.2) is 51.9 Å². The summed E-state index contributed by atoms with van der Waals surface area (Å²) in [6.07, 6.45) is 3.81. The molecule has 0 atom stereocenters.